The van der Waals surface area contributed by atoms with Gasteiger partial charge in [0.1, 0.15) is 5.75 Å². The van der Waals surface area contributed by atoms with Crippen LogP contribution in [0.5, 0.6) is 5.75 Å². The van der Waals surface area contributed by atoms with E-state index in [1.165, 1.54) is 25.3 Å². The van der Waals surface area contributed by atoms with E-state index in [1.54, 1.807) is 30.3 Å². The smallest absolute Gasteiger partial charge is 0.237 e. The molecule has 2 aromatic carbocycles. The fourth-order valence-corrected chi connectivity index (χ4v) is 5.86. The molecule has 0 amide bonds. The molecular weight excluding hydrogens is 386 g/mol. The van der Waals surface area contributed by atoms with Crippen molar-refractivity contribution in [1.82, 2.24) is 0 Å². The summed E-state index contributed by atoms with van der Waals surface area (Å²) < 4.78 is 58.3. The van der Waals surface area contributed by atoms with Crippen LogP contribution in [0.15, 0.2) is 53.4 Å². The zero-order chi connectivity index (χ0) is 20.1. The second-order valence-electron chi connectivity index (χ2n) is 6.19. The molecule has 0 atom stereocenters. The minimum atomic E-state index is -3.74. The molecule has 8 heteroatoms. The van der Waals surface area contributed by atoms with Crippen LogP contribution in [-0.4, -0.2) is 29.2 Å². The zero-order valence-electron chi connectivity index (χ0n) is 15.7. The van der Waals surface area contributed by atoms with Crippen molar-refractivity contribution in [3.63, 3.8) is 0 Å². The molecule has 1 N–H and O–H groups in total. The van der Waals surface area contributed by atoms with E-state index in [2.05, 4.69) is 4.72 Å². The Morgan fingerprint density at radius 2 is 1.59 bits per heavy atom. The number of sulfonamides is 1. The van der Waals surface area contributed by atoms with Crippen LogP contribution in [0.25, 0.3) is 0 Å². The molecule has 6 nitrogen and oxygen atoms in total. The number of rotatable bonds is 9. The van der Waals surface area contributed by atoms with Gasteiger partial charge >= 0.3 is 0 Å². The van der Waals surface area contributed by atoms with Crippen LogP contribution < -0.4 is 9.46 Å². The number of hydrogen-bond donors (Lipinski definition) is 1. The summed E-state index contributed by atoms with van der Waals surface area (Å²) >= 11 is 0. The van der Waals surface area contributed by atoms with Crippen LogP contribution in [-0.2, 0) is 25.6 Å². The van der Waals surface area contributed by atoms with Gasteiger partial charge in [0, 0.05) is 0 Å². The monoisotopic (exact) mass is 411 g/mol. The number of hydrogen-bond acceptors (Lipinski definition) is 5. The van der Waals surface area contributed by atoms with Crippen molar-refractivity contribution < 1.29 is 21.6 Å². The normalized spacial score (nSPS) is 12.1. The van der Waals surface area contributed by atoms with Gasteiger partial charge in [-0.3, -0.25) is 4.72 Å². The molecule has 0 spiro atoms. The van der Waals surface area contributed by atoms with E-state index in [1.807, 2.05) is 13.8 Å². The molecule has 148 valence electrons. The maximum Gasteiger partial charge on any atom is 0.237 e. The summed E-state index contributed by atoms with van der Waals surface area (Å²) in [5.74, 6) is 0.0377. The lowest BCUT2D eigenvalue weighted by molar-refractivity contribution is 0.416. The largest absolute Gasteiger partial charge is 0.495 e. The second-order valence-corrected chi connectivity index (χ2v) is 10.1. The Labute approximate surface area is 161 Å². The highest BCUT2D eigenvalue weighted by Gasteiger charge is 2.26. The van der Waals surface area contributed by atoms with Gasteiger partial charge in [0.05, 0.1) is 28.7 Å². The number of ether oxygens (including phenoxy) is 1. The molecule has 2 aromatic rings. The first-order chi connectivity index (χ1) is 12.7. The molecule has 0 fully saturated rings. The van der Waals surface area contributed by atoms with Gasteiger partial charge in [0.15, 0.2) is 9.84 Å². The third kappa shape index (κ3) is 5.23. The Kier molecular flexibility index (Phi) is 6.89. The summed E-state index contributed by atoms with van der Waals surface area (Å²) in [6.45, 7) is 3.64. The third-order valence-electron chi connectivity index (χ3n) is 4.31. The van der Waals surface area contributed by atoms with Crippen molar-refractivity contribution in [2.24, 2.45) is 0 Å². The average molecular weight is 412 g/mol. The molecule has 0 aromatic heterocycles. The van der Waals surface area contributed by atoms with Crippen molar-refractivity contribution in [1.29, 1.82) is 0 Å². The molecule has 27 heavy (non-hydrogen) atoms. The average Bonchev–Trinajstić information content (AvgIpc) is 2.62. The van der Waals surface area contributed by atoms with Gasteiger partial charge in [-0.15, -0.1) is 0 Å². The standard InChI is InChI=1S/C19H25NO5S2/c1-4-16(5-2)27(23,24)17-11-12-19(25-3)18(13-17)20-26(21,22)14-15-9-7-6-8-10-15/h6-13,16,20H,4-5,14H2,1-3H3. The lowest BCUT2D eigenvalue weighted by Gasteiger charge is -2.17. The van der Waals surface area contributed by atoms with E-state index in [9.17, 15) is 16.8 Å². The topological polar surface area (TPSA) is 89.5 Å². The van der Waals surface area contributed by atoms with Crippen molar-refractivity contribution in [3.8, 4) is 5.75 Å². The molecule has 0 unspecified atom stereocenters. The van der Waals surface area contributed by atoms with E-state index in [0.717, 1.165) is 0 Å². The van der Waals surface area contributed by atoms with E-state index >= 15 is 0 Å². The van der Waals surface area contributed by atoms with E-state index < -0.39 is 25.1 Å². The molecule has 0 bridgehead atoms. The zero-order valence-corrected chi connectivity index (χ0v) is 17.3. The minimum absolute atomic E-state index is 0.0782. The van der Waals surface area contributed by atoms with E-state index in [4.69, 9.17) is 4.74 Å². The summed E-state index contributed by atoms with van der Waals surface area (Å²) in [6.07, 6.45) is 0.972. The second kappa shape index (κ2) is 8.75. The molecule has 0 aliphatic heterocycles. The number of anilines is 1. The van der Waals surface area contributed by atoms with Crippen LogP contribution in [0.3, 0.4) is 0 Å². The van der Waals surface area contributed by atoms with Gasteiger partial charge in [-0.2, -0.15) is 0 Å². The summed E-state index contributed by atoms with van der Waals surface area (Å²) in [5, 5.41) is -0.514. The van der Waals surface area contributed by atoms with Gasteiger partial charge < -0.3 is 4.74 Å². The Balaban J connectivity index is 2.38. The predicted molar refractivity (Wildman–Crippen MR) is 107 cm³/mol. The van der Waals surface area contributed by atoms with Crippen molar-refractivity contribution in [2.75, 3.05) is 11.8 Å². The van der Waals surface area contributed by atoms with Crippen LogP contribution in [0.2, 0.25) is 0 Å². The SMILES string of the molecule is CCC(CC)S(=O)(=O)c1ccc(OC)c(NS(=O)(=O)Cc2ccccc2)c1. The van der Waals surface area contributed by atoms with Gasteiger partial charge in [0.2, 0.25) is 10.0 Å². The summed E-state index contributed by atoms with van der Waals surface area (Å²) in [7, 11) is -5.89. The molecule has 0 aliphatic rings. The minimum Gasteiger partial charge on any atom is -0.495 e. The summed E-state index contributed by atoms with van der Waals surface area (Å²) in [5.41, 5.74) is 0.741. The highest BCUT2D eigenvalue weighted by atomic mass is 32.2. The van der Waals surface area contributed by atoms with Crippen LogP contribution >= 0.6 is 0 Å². The molecular formula is C19H25NO5S2. The lowest BCUT2D eigenvalue weighted by Crippen LogP contribution is -2.20. The molecule has 0 radical (unpaired) electrons. The van der Waals surface area contributed by atoms with Crippen molar-refractivity contribution >= 4 is 25.5 Å². The highest BCUT2D eigenvalue weighted by Crippen LogP contribution is 2.31. The Morgan fingerprint density at radius 1 is 0.963 bits per heavy atom. The molecule has 0 heterocycles. The highest BCUT2D eigenvalue weighted by molar-refractivity contribution is 7.92. The molecule has 0 saturated carbocycles. The number of sulfone groups is 1. The summed E-state index contributed by atoms with van der Waals surface area (Å²) in [4.78, 5) is 0.0782. The maximum atomic E-state index is 12.8. The fourth-order valence-electron chi connectivity index (χ4n) is 2.86. The van der Waals surface area contributed by atoms with Gasteiger partial charge in [-0.05, 0) is 36.6 Å². The predicted octanol–water partition coefficient (Wildman–Crippen LogP) is 3.60. The Hall–Kier alpha value is -2.06. The first-order valence-electron chi connectivity index (χ1n) is 8.69. The number of nitrogens with one attached hydrogen (secondary N) is 1. The van der Waals surface area contributed by atoms with Crippen molar-refractivity contribution in [3.05, 3.63) is 54.1 Å². The molecule has 2 rings (SSSR count). The third-order valence-corrected chi connectivity index (χ3v) is 8.01. The number of benzene rings is 2. The van der Waals surface area contributed by atoms with Crippen LogP contribution in [0.1, 0.15) is 32.3 Å². The maximum absolute atomic E-state index is 12.8. The molecule has 0 saturated heterocycles. The molecule has 0 aliphatic carbocycles. The van der Waals surface area contributed by atoms with Crippen LogP contribution in [0, 0.1) is 0 Å². The van der Waals surface area contributed by atoms with E-state index in [0.29, 0.717) is 18.4 Å². The van der Waals surface area contributed by atoms with Gasteiger partial charge in [-0.1, -0.05) is 44.2 Å². The quantitative estimate of drug-likeness (QED) is 0.681. The van der Waals surface area contributed by atoms with Crippen LogP contribution in [0.4, 0.5) is 5.69 Å². The van der Waals surface area contributed by atoms with Crippen molar-refractivity contribution in [2.45, 2.75) is 42.6 Å². The Bertz CT molecular complexity index is 966. The Morgan fingerprint density at radius 3 is 2.15 bits per heavy atom. The fraction of sp³-hybridized carbons (Fsp3) is 0.368. The van der Waals surface area contributed by atoms with E-state index in [-0.39, 0.29) is 22.1 Å². The van der Waals surface area contributed by atoms with Gasteiger partial charge in [0.25, 0.3) is 0 Å². The lowest BCUT2D eigenvalue weighted by atomic mass is 10.2. The van der Waals surface area contributed by atoms with Gasteiger partial charge in [-0.25, -0.2) is 16.8 Å². The summed E-state index contributed by atoms with van der Waals surface area (Å²) in [6, 6.07) is 13.0. The first kappa shape index (κ1) is 21.2. The number of methoxy groups -OCH3 is 1. The first-order valence-corrected chi connectivity index (χ1v) is 11.9.